The van der Waals surface area contributed by atoms with E-state index in [-0.39, 0.29) is 11.9 Å². The Bertz CT molecular complexity index is 1190. The number of ether oxygens (including phenoxy) is 1. The lowest BCUT2D eigenvalue weighted by Crippen LogP contribution is -2.51. The molecule has 2 aromatic carbocycles. The van der Waals surface area contributed by atoms with E-state index < -0.39 is 5.91 Å². The molecule has 7 heteroatoms. The lowest BCUT2D eigenvalue weighted by atomic mass is 9.87. The molecule has 0 spiro atoms. The van der Waals surface area contributed by atoms with Crippen molar-refractivity contribution in [3.63, 3.8) is 0 Å². The van der Waals surface area contributed by atoms with Crippen molar-refractivity contribution in [2.24, 2.45) is 5.73 Å². The van der Waals surface area contributed by atoms with Crippen LogP contribution < -0.4 is 10.5 Å². The molecule has 2 heterocycles. The molecule has 1 saturated carbocycles. The predicted molar refractivity (Wildman–Crippen MR) is 135 cm³/mol. The minimum Gasteiger partial charge on any atom is -0.490 e. The summed E-state index contributed by atoms with van der Waals surface area (Å²) < 4.78 is 20.1. The lowest BCUT2D eigenvalue weighted by molar-refractivity contribution is 0.0425. The Kier molecular flexibility index (Phi) is 6.84. The van der Waals surface area contributed by atoms with Crippen molar-refractivity contribution in [1.82, 2.24) is 9.88 Å². The van der Waals surface area contributed by atoms with Gasteiger partial charge < -0.3 is 15.5 Å². The third kappa shape index (κ3) is 4.56. The molecule has 0 bridgehead atoms. The van der Waals surface area contributed by atoms with Crippen LogP contribution in [-0.2, 0) is 12.8 Å². The van der Waals surface area contributed by atoms with Gasteiger partial charge in [-0.1, -0.05) is 13.3 Å². The molecule has 1 aromatic heterocycles. The highest BCUT2D eigenvalue weighted by atomic mass is 32.2. The van der Waals surface area contributed by atoms with E-state index in [1.54, 1.807) is 23.9 Å². The lowest BCUT2D eigenvalue weighted by Gasteiger charge is -2.44. The van der Waals surface area contributed by atoms with Gasteiger partial charge in [-0.2, -0.15) is 0 Å². The number of benzene rings is 2. The van der Waals surface area contributed by atoms with Crippen molar-refractivity contribution in [3.05, 3.63) is 59.0 Å². The number of carbonyl (C=O) groups is 1. The molecule has 0 saturated heterocycles. The van der Waals surface area contributed by atoms with E-state index in [9.17, 15) is 9.18 Å². The number of primary amides is 1. The summed E-state index contributed by atoms with van der Waals surface area (Å²) in [5, 5.41) is 0.970. The maximum atomic E-state index is 13.8. The summed E-state index contributed by atoms with van der Waals surface area (Å²) >= 11 is 1.74. The molecule has 1 unspecified atom stereocenters. The Morgan fingerprint density at radius 2 is 2.12 bits per heavy atom. The van der Waals surface area contributed by atoms with Crippen molar-refractivity contribution in [3.8, 4) is 5.75 Å². The number of nitrogens with one attached hydrogen (secondary N) is 1. The SMILES string of the molecule is CCSc1ccc(C(N)=O)c2c1OCC(N(CCCc1c[nH]c3ccc(F)cc13)C1CCC1)C2. The number of rotatable bonds is 9. The third-order valence-corrected chi connectivity index (χ3v) is 8.18. The highest BCUT2D eigenvalue weighted by molar-refractivity contribution is 7.99. The Balaban J connectivity index is 1.33. The normalized spacial score (nSPS) is 18.0. The third-order valence-electron chi connectivity index (χ3n) is 7.25. The van der Waals surface area contributed by atoms with E-state index in [0.717, 1.165) is 64.2 Å². The maximum absolute atomic E-state index is 13.8. The number of carbonyl (C=O) groups excluding carboxylic acids is 1. The molecule has 1 atom stereocenters. The van der Waals surface area contributed by atoms with E-state index in [1.165, 1.54) is 25.3 Å². The number of amides is 1. The molecule has 180 valence electrons. The van der Waals surface area contributed by atoms with Crippen molar-refractivity contribution < 1.29 is 13.9 Å². The fourth-order valence-electron chi connectivity index (χ4n) is 5.35. The average Bonchev–Trinajstić information content (AvgIpc) is 3.19. The van der Waals surface area contributed by atoms with Crippen LogP contribution in [0.25, 0.3) is 10.9 Å². The van der Waals surface area contributed by atoms with Gasteiger partial charge in [0.25, 0.3) is 0 Å². The van der Waals surface area contributed by atoms with E-state index in [1.807, 2.05) is 18.3 Å². The van der Waals surface area contributed by atoms with Gasteiger partial charge in [-0.05, 0) is 80.3 Å². The van der Waals surface area contributed by atoms with Crippen molar-refractivity contribution in [2.75, 3.05) is 18.9 Å². The number of H-pyrrole nitrogens is 1. The molecule has 3 aromatic rings. The van der Waals surface area contributed by atoms with Crippen molar-refractivity contribution in [2.45, 2.75) is 62.4 Å². The molecule has 1 amide bonds. The van der Waals surface area contributed by atoms with Gasteiger partial charge in [0.1, 0.15) is 18.2 Å². The number of thioether (sulfide) groups is 1. The molecular formula is C27H32FN3O2S. The van der Waals surface area contributed by atoms with Crippen molar-refractivity contribution >= 4 is 28.6 Å². The standard InChI is InChI=1S/C27H32FN3O2S/c1-2-34-25-11-9-21(27(29)32)23-14-20(16-33-26(23)25)31(19-6-3-7-19)12-4-5-17-15-30-24-10-8-18(28)13-22(17)24/h8-11,13,15,19-20,30H,2-7,12,14,16H2,1H3,(H2,29,32). The summed E-state index contributed by atoms with van der Waals surface area (Å²) in [6.07, 6.45) is 8.33. The number of nitrogens with zero attached hydrogens (tertiary/aromatic N) is 1. The second-order valence-corrected chi connectivity index (χ2v) is 10.6. The summed E-state index contributed by atoms with van der Waals surface area (Å²) in [6, 6.07) is 9.50. The summed E-state index contributed by atoms with van der Waals surface area (Å²) in [6.45, 7) is 3.69. The fraction of sp³-hybridized carbons (Fsp3) is 0.444. The highest BCUT2D eigenvalue weighted by Crippen LogP contribution is 2.40. The molecule has 2 aliphatic rings. The first-order chi connectivity index (χ1) is 16.5. The van der Waals surface area contributed by atoms with Gasteiger partial charge in [0.2, 0.25) is 5.91 Å². The minimum atomic E-state index is -0.393. The second-order valence-electron chi connectivity index (χ2n) is 9.32. The van der Waals surface area contributed by atoms with Crippen molar-refractivity contribution in [1.29, 1.82) is 0 Å². The molecule has 5 rings (SSSR count). The first-order valence-electron chi connectivity index (χ1n) is 12.3. The maximum Gasteiger partial charge on any atom is 0.249 e. The fourth-order valence-corrected chi connectivity index (χ4v) is 6.13. The van der Waals surface area contributed by atoms with Crippen LogP contribution in [0.1, 0.15) is 54.1 Å². The Morgan fingerprint density at radius 1 is 1.26 bits per heavy atom. The molecule has 5 nitrogen and oxygen atoms in total. The van der Waals surface area contributed by atoms with Gasteiger partial charge in [-0.15, -0.1) is 11.8 Å². The zero-order chi connectivity index (χ0) is 23.7. The topological polar surface area (TPSA) is 71.4 Å². The zero-order valence-corrected chi connectivity index (χ0v) is 20.4. The van der Waals surface area contributed by atoms with Crippen LogP contribution in [0.2, 0.25) is 0 Å². The molecule has 0 radical (unpaired) electrons. The number of fused-ring (bicyclic) bond motifs is 2. The predicted octanol–water partition coefficient (Wildman–Crippen LogP) is 5.31. The van der Waals surface area contributed by atoms with E-state index in [2.05, 4.69) is 16.8 Å². The van der Waals surface area contributed by atoms with Gasteiger partial charge in [-0.3, -0.25) is 9.69 Å². The summed E-state index contributed by atoms with van der Waals surface area (Å²) in [7, 11) is 0. The monoisotopic (exact) mass is 481 g/mol. The number of hydrogen-bond donors (Lipinski definition) is 2. The number of hydrogen-bond acceptors (Lipinski definition) is 4. The number of nitrogens with two attached hydrogens (primary N) is 1. The summed E-state index contributed by atoms with van der Waals surface area (Å²) in [5.41, 5.74) is 9.40. The van der Waals surface area contributed by atoms with Gasteiger partial charge in [0, 0.05) is 45.2 Å². The molecule has 34 heavy (non-hydrogen) atoms. The van der Waals surface area contributed by atoms with Crippen LogP contribution in [0, 0.1) is 5.82 Å². The van der Waals surface area contributed by atoms with Crippen LogP contribution in [-0.4, -0.2) is 46.8 Å². The van der Waals surface area contributed by atoms with Crippen LogP contribution in [0.15, 0.2) is 41.4 Å². The van der Waals surface area contributed by atoms with Crippen LogP contribution in [0.3, 0.4) is 0 Å². The highest BCUT2D eigenvalue weighted by Gasteiger charge is 2.35. The zero-order valence-electron chi connectivity index (χ0n) is 19.6. The molecule has 3 N–H and O–H groups in total. The number of aromatic nitrogens is 1. The smallest absolute Gasteiger partial charge is 0.249 e. The molecule has 1 aliphatic heterocycles. The average molecular weight is 482 g/mol. The Morgan fingerprint density at radius 3 is 2.85 bits per heavy atom. The first kappa shape index (κ1) is 23.2. The van der Waals surface area contributed by atoms with Gasteiger partial charge in [-0.25, -0.2) is 4.39 Å². The number of aryl methyl sites for hydroxylation is 1. The number of aromatic amines is 1. The Hall–Kier alpha value is -2.51. The number of halogens is 1. The van der Waals surface area contributed by atoms with Gasteiger partial charge in [0.15, 0.2) is 0 Å². The molecular weight excluding hydrogens is 449 g/mol. The van der Waals surface area contributed by atoms with Gasteiger partial charge in [0.05, 0.1) is 0 Å². The first-order valence-corrected chi connectivity index (χ1v) is 13.3. The van der Waals surface area contributed by atoms with E-state index >= 15 is 0 Å². The van der Waals surface area contributed by atoms with Crippen LogP contribution >= 0.6 is 11.8 Å². The Labute approximate surface area is 204 Å². The molecule has 1 fully saturated rings. The summed E-state index contributed by atoms with van der Waals surface area (Å²) in [4.78, 5) is 19.1. The van der Waals surface area contributed by atoms with Crippen LogP contribution in [0.4, 0.5) is 4.39 Å². The molecule has 1 aliphatic carbocycles. The summed E-state index contributed by atoms with van der Waals surface area (Å²) in [5.74, 6) is 1.19. The minimum absolute atomic E-state index is 0.201. The van der Waals surface area contributed by atoms with E-state index in [4.69, 9.17) is 10.5 Å². The quantitative estimate of drug-likeness (QED) is 0.407. The van der Waals surface area contributed by atoms with Crippen LogP contribution in [0.5, 0.6) is 5.75 Å². The largest absolute Gasteiger partial charge is 0.490 e. The second kappa shape index (κ2) is 10.0. The van der Waals surface area contributed by atoms with E-state index in [0.29, 0.717) is 18.2 Å². The van der Waals surface area contributed by atoms with Gasteiger partial charge >= 0.3 is 0 Å².